The van der Waals surface area contributed by atoms with Crippen LogP contribution in [0, 0.1) is 0 Å². The maximum absolute atomic E-state index is 13.3. The Bertz CT molecular complexity index is 817. The minimum Gasteiger partial charge on any atom is -0.490 e. The number of hydrogen-bond acceptors (Lipinski definition) is 3. The molecule has 1 atom stereocenters. The first kappa shape index (κ1) is 20.2. The lowest BCUT2D eigenvalue weighted by atomic mass is 10.1. The number of halogens is 3. The summed E-state index contributed by atoms with van der Waals surface area (Å²) >= 11 is 0. The average Bonchev–Trinajstić information content (AvgIpc) is 3.18. The molecule has 0 aromatic heterocycles. The molecule has 28 heavy (non-hydrogen) atoms. The number of carbonyl (C=O) groups is 1. The summed E-state index contributed by atoms with van der Waals surface area (Å²) in [5.41, 5.74) is -0.702. The van der Waals surface area contributed by atoms with Crippen molar-refractivity contribution in [2.24, 2.45) is 0 Å². The molecule has 0 bridgehead atoms. The number of benzene rings is 2. The van der Waals surface area contributed by atoms with Crippen LogP contribution in [-0.4, -0.2) is 19.1 Å². The largest absolute Gasteiger partial charge is 0.490 e. The summed E-state index contributed by atoms with van der Waals surface area (Å²) in [7, 11) is 1.25. The van der Waals surface area contributed by atoms with Crippen LogP contribution in [0.5, 0.6) is 5.75 Å². The molecule has 1 aliphatic carbocycles. The Morgan fingerprint density at radius 2 is 1.82 bits per heavy atom. The Morgan fingerprint density at radius 1 is 1.11 bits per heavy atom. The van der Waals surface area contributed by atoms with E-state index in [-0.39, 0.29) is 11.7 Å². The first-order valence-corrected chi connectivity index (χ1v) is 9.15. The van der Waals surface area contributed by atoms with Gasteiger partial charge in [0.2, 0.25) is 0 Å². The van der Waals surface area contributed by atoms with E-state index in [9.17, 15) is 18.0 Å². The molecule has 0 saturated heterocycles. The molecule has 1 unspecified atom stereocenters. The molecule has 4 nitrogen and oxygen atoms in total. The van der Waals surface area contributed by atoms with Crippen LogP contribution in [0.15, 0.2) is 48.5 Å². The fourth-order valence-electron chi connectivity index (χ4n) is 3.36. The van der Waals surface area contributed by atoms with Crippen molar-refractivity contribution in [2.75, 3.05) is 7.11 Å². The zero-order chi connectivity index (χ0) is 20.1. The Kier molecular flexibility index (Phi) is 6.24. The summed E-state index contributed by atoms with van der Waals surface area (Å²) in [6.45, 7) is 0. The Morgan fingerprint density at radius 3 is 2.50 bits per heavy atom. The molecule has 1 fully saturated rings. The van der Waals surface area contributed by atoms with Crippen molar-refractivity contribution < 1.29 is 27.4 Å². The molecule has 0 radical (unpaired) electrons. The van der Waals surface area contributed by atoms with E-state index < -0.39 is 23.9 Å². The zero-order valence-electron chi connectivity index (χ0n) is 15.5. The average molecular weight is 393 g/mol. The number of ether oxygens (including phenoxy) is 2. The third kappa shape index (κ3) is 4.84. The maximum atomic E-state index is 13.3. The van der Waals surface area contributed by atoms with Crippen molar-refractivity contribution in [1.29, 1.82) is 0 Å². The van der Waals surface area contributed by atoms with Gasteiger partial charge in [-0.3, -0.25) is 4.79 Å². The van der Waals surface area contributed by atoms with Crippen LogP contribution in [0.2, 0.25) is 0 Å². The number of methoxy groups -OCH3 is 1. The maximum Gasteiger partial charge on any atom is 0.416 e. The number of amides is 1. The molecule has 1 aliphatic rings. The highest BCUT2D eigenvalue weighted by Gasteiger charge is 2.35. The SMILES string of the molecule is COC(NC(=O)c1cccc(OC2CCCC2)c1)c1ccccc1C(F)(F)F. The van der Waals surface area contributed by atoms with Gasteiger partial charge in [-0.25, -0.2) is 0 Å². The van der Waals surface area contributed by atoms with Gasteiger partial charge in [-0.2, -0.15) is 13.2 Å². The van der Waals surface area contributed by atoms with Crippen molar-refractivity contribution in [2.45, 2.75) is 44.2 Å². The third-order valence-corrected chi connectivity index (χ3v) is 4.75. The Labute approximate surface area is 161 Å². The number of rotatable bonds is 6. The highest BCUT2D eigenvalue weighted by Crippen LogP contribution is 2.34. The van der Waals surface area contributed by atoms with E-state index in [2.05, 4.69) is 5.32 Å². The fourth-order valence-corrected chi connectivity index (χ4v) is 3.36. The highest BCUT2D eigenvalue weighted by molar-refractivity contribution is 5.94. The van der Waals surface area contributed by atoms with E-state index >= 15 is 0 Å². The lowest BCUT2D eigenvalue weighted by molar-refractivity contribution is -0.139. The molecule has 150 valence electrons. The molecule has 7 heteroatoms. The molecule has 0 spiro atoms. The monoisotopic (exact) mass is 393 g/mol. The van der Waals surface area contributed by atoms with E-state index in [1.54, 1.807) is 24.3 Å². The van der Waals surface area contributed by atoms with Gasteiger partial charge in [0.15, 0.2) is 6.23 Å². The van der Waals surface area contributed by atoms with Crippen molar-refractivity contribution >= 4 is 5.91 Å². The van der Waals surface area contributed by atoms with E-state index in [1.807, 2.05) is 0 Å². The molecule has 0 heterocycles. The van der Waals surface area contributed by atoms with Crippen LogP contribution in [0.25, 0.3) is 0 Å². The van der Waals surface area contributed by atoms with Crippen LogP contribution in [-0.2, 0) is 10.9 Å². The molecular formula is C21H22F3NO3. The molecule has 1 amide bonds. The van der Waals surface area contributed by atoms with Gasteiger partial charge in [-0.05, 0) is 49.9 Å². The van der Waals surface area contributed by atoms with Crippen molar-refractivity contribution in [1.82, 2.24) is 5.32 Å². The molecule has 0 aliphatic heterocycles. The van der Waals surface area contributed by atoms with E-state index in [1.165, 1.54) is 25.3 Å². The summed E-state index contributed by atoms with van der Waals surface area (Å²) < 4.78 is 50.8. The number of carbonyl (C=O) groups excluding carboxylic acids is 1. The Balaban J connectivity index is 1.76. The van der Waals surface area contributed by atoms with Gasteiger partial charge >= 0.3 is 6.18 Å². The topological polar surface area (TPSA) is 47.6 Å². The first-order valence-electron chi connectivity index (χ1n) is 9.15. The van der Waals surface area contributed by atoms with Gasteiger partial charge in [0.05, 0.1) is 11.7 Å². The van der Waals surface area contributed by atoms with Gasteiger partial charge < -0.3 is 14.8 Å². The lowest BCUT2D eigenvalue weighted by Gasteiger charge is -2.22. The van der Waals surface area contributed by atoms with Crippen LogP contribution in [0.4, 0.5) is 13.2 Å². The normalized spacial score (nSPS) is 16.0. The van der Waals surface area contributed by atoms with Gasteiger partial charge in [-0.15, -0.1) is 0 Å². The van der Waals surface area contributed by atoms with Gasteiger partial charge in [0, 0.05) is 18.2 Å². The van der Waals surface area contributed by atoms with Crippen LogP contribution < -0.4 is 10.1 Å². The molecule has 2 aromatic carbocycles. The van der Waals surface area contributed by atoms with E-state index in [0.29, 0.717) is 11.3 Å². The number of alkyl halides is 3. The minimum atomic E-state index is -4.55. The summed E-state index contributed by atoms with van der Waals surface area (Å²) in [5.74, 6) is 0.0323. The summed E-state index contributed by atoms with van der Waals surface area (Å²) in [6, 6.07) is 11.6. The fraction of sp³-hybridized carbons (Fsp3) is 0.381. The smallest absolute Gasteiger partial charge is 0.416 e. The summed E-state index contributed by atoms with van der Waals surface area (Å²) in [5, 5.41) is 2.52. The summed E-state index contributed by atoms with van der Waals surface area (Å²) in [4.78, 5) is 12.6. The second-order valence-electron chi connectivity index (χ2n) is 6.73. The molecular weight excluding hydrogens is 371 g/mol. The predicted molar refractivity (Wildman–Crippen MR) is 98.0 cm³/mol. The van der Waals surface area contributed by atoms with Crippen molar-refractivity contribution in [3.8, 4) is 5.75 Å². The Hall–Kier alpha value is -2.54. The van der Waals surface area contributed by atoms with Gasteiger partial charge in [-0.1, -0.05) is 24.3 Å². The predicted octanol–water partition coefficient (Wildman–Crippen LogP) is 5.10. The first-order chi connectivity index (χ1) is 13.4. The van der Waals surface area contributed by atoms with Crippen LogP contribution in [0.1, 0.15) is 53.4 Å². The van der Waals surface area contributed by atoms with Crippen LogP contribution >= 0.6 is 0 Å². The van der Waals surface area contributed by atoms with Crippen molar-refractivity contribution in [3.63, 3.8) is 0 Å². The second kappa shape index (κ2) is 8.65. The van der Waals surface area contributed by atoms with Gasteiger partial charge in [0.25, 0.3) is 5.91 Å². The molecule has 3 rings (SSSR count). The number of hydrogen-bond donors (Lipinski definition) is 1. The number of nitrogens with one attached hydrogen (secondary N) is 1. The van der Waals surface area contributed by atoms with E-state index in [0.717, 1.165) is 31.7 Å². The second-order valence-corrected chi connectivity index (χ2v) is 6.73. The minimum absolute atomic E-state index is 0.142. The molecule has 1 N–H and O–H groups in total. The van der Waals surface area contributed by atoms with Gasteiger partial charge in [0.1, 0.15) is 5.75 Å². The zero-order valence-corrected chi connectivity index (χ0v) is 15.5. The lowest BCUT2D eigenvalue weighted by Crippen LogP contribution is -2.31. The molecule has 2 aromatic rings. The highest BCUT2D eigenvalue weighted by atomic mass is 19.4. The quantitative estimate of drug-likeness (QED) is 0.695. The van der Waals surface area contributed by atoms with Crippen LogP contribution in [0.3, 0.4) is 0 Å². The summed E-state index contributed by atoms with van der Waals surface area (Å²) in [6.07, 6.45) is -1.42. The standard InChI is InChI=1S/C21H22F3NO3/c1-27-20(17-11-4-5-12-18(17)21(22,23)24)25-19(26)14-7-6-10-16(13-14)28-15-8-2-3-9-15/h4-7,10-13,15,20H,2-3,8-9H2,1H3,(H,25,26). The molecule has 1 saturated carbocycles. The van der Waals surface area contributed by atoms with E-state index in [4.69, 9.17) is 9.47 Å². The van der Waals surface area contributed by atoms with Crippen molar-refractivity contribution in [3.05, 3.63) is 65.2 Å². The third-order valence-electron chi connectivity index (χ3n) is 4.75.